The molecule has 0 unspecified atom stereocenters. The van der Waals surface area contributed by atoms with Crippen molar-refractivity contribution in [3.05, 3.63) is 12.2 Å². The maximum Gasteiger partial charge on any atom is 0.328 e. The zero-order valence-electron chi connectivity index (χ0n) is 10.0. The summed E-state index contributed by atoms with van der Waals surface area (Å²) < 4.78 is 0. The van der Waals surface area contributed by atoms with E-state index >= 15 is 0 Å². The second-order valence-electron chi connectivity index (χ2n) is 4.04. The van der Waals surface area contributed by atoms with Gasteiger partial charge < -0.3 is 20.2 Å². The second-order valence-corrected chi connectivity index (χ2v) is 4.04. The number of likely N-dealkylation sites (N-methyl/N-ethyl adjacent to an activating group) is 1. The van der Waals surface area contributed by atoms with Crippen LogP contribution >= 0.6 is 0 Å². The summed E-state index contributed by atoms with van der Waals surface area (Å²) in [5.41, 5.74) is 0. The van der Waals surface area contributed by atoms with Crippen molar-refractivity contribution in [3.63, 3.8) is 0 Å². The number of aliphatic hydroxyl groups excluding tert-OH is 1. The number of carbonyl (C=O) groups is 2. The molecule has 0 radical (unpaired) electrons. The first-order valence-electron chi connectivity index (χ1n) is 5.33. The Morgan fingerprint density at radius 1 is 1.12 bits per heavy atom. The highest BCUT2D eigenvalue weighted by atomic mass is 16.4. The maximum absolute atomic E-state index is 9.55. The Morgan fingerprint density at radius 2 is 1.59 bits per heavy atom. The van der Waals surface area contributed by atoms with Gasteiger partial charge in [-0.25, -0.2) is 9.59 Å². The minimum atomic E-state index is -1.26. The van der Waals surface area contributed by atoms with Gasteiger partial charge in [0.2, 0.25) is 0 Å². The summed E-state index contributed by atoms with van der Waals surface area (Å²) in [6.07, 6.45) is 4.38. The minimum Gasteiger partial charge on any atom is -0.478 e. The Kier molecular flexibility index (Phi) is 7.16. The molecular weight excluding hydrogens is 226 g/mol. The Hall–Kier alpha value is -1.40. The van der Waals surface area contributed by atoms with Crippen LogP contribution in [0.25, 0.3) is 0 Å². The Bertz CT molecular complexity index is 272. The van der Waals surface area contributed by atoms with Crippen molar-refractivity contribution >= 4 is 11.9 Å². The van der Waals surface area contributed by atoms with E-state index in [9.17, 15) is 14.7 Å². The normalized spacial score (nSPS) is 23.5. The van der Waals surface area contributed by atoms with Gasteiger partial charge in [-0.3, -0.25) is 0 Å². The van der Waals surface area contributed by atoms with Gasteiger partial charge in [-0.1, -0.05) is 0 Å². The molecular formula is C11H19NO5. The SMILES string of the molecule is CN(C)[C@@H]1CCC[C@H]1O.O=C(O)C=CC(=O)O. The first-order chi connectivity index (χ1) is 7.84. The smallest absolute Gasteiger partial charge is 0.328 e. The molecule has 0 saturated heterocycles. The van der Waals surface area contributed by atoms with Crippen molar-refractivity contribution in [1.29, 1.82) is 0 Å². The third-order valence-electron chi connectivity index (χ3n) is 2.48. The summed E-state index contributed by atoms with van der Waals surface area (Å²) in [4.78, 5) is 21.2. The molecule has 0 spiro atoms. The van der Waals surface area contributed by atoms with Gasteiger partial charge >= 0.3 is 11.9 Å². The summed E-state index contributed by atoms with van der Waals surface area (Å²) in [5, 5.41) is 24.9. The number of carboxylic acid groups (broad SMARTS) is 2. The highest BCUT2D eigenvalue weighted by Crippen LogP contribution is 2.21. The molecule has 2 atom stereocenters. The predicted octanol–water partition coefficient (Wildman–Crippen LogP) is 0.173. The number of aliphatic hydroxyl groups is 1. The molecule has 3 N–H and O–H groups in total. The molecule has 17 heavy (non-hydrogen) atoms. The van der Waals surface area contributed by atoms with Gasteiger partial charge in [-0.05, 0) is 33.4 Å². The van der Waals surface area contributed by atoms with Gasteiger partial charge in [0.05, 0.1) is 6.10 Å². The highest BCUT2D eigenvalue weighted by Gasteiger charge is 2.26. The number of rotatable bonds is 3. The first kappa shape index (κ1) is 15.6. The van der Waals surface area contributed by atoms with E-state index in [1.165, 1.54) is 6.42 Å². The van der Waals surface area contributed by atoms with Crippen LogP contribution in [0.4, 0.5) is 0 Å². The van der Waals surface area contributed by atoms with E-state index in [0.29, 0.717) is 18.2 Å². The van der Waals surface area contributed by atoms with Gasteiger partial charge in [0.15, 0.2) is 0 Å². The average molecular weight is 245 g/mol. The molecule has 0 aliphatic heterocycles. The summed E-state index contributed by atoms with van der Waals surface area (Å²) >= 11 is 0. The van der Waals surface area contributed by atoms with Crippen molar-refractivity contribution in [3.8, 4) is 0 Å². The van der Waals surface area contributed by atoms with Crippen LogP contribution in [0.1, 0.15) is 19.3 Å². The van der Waals surface area contributed by atoms with Crippen LogP contribution in [0.5, 0.6) is 0 Å². The van der Waals surface area contributed by atoms with Crippen LogP contribution in [0.15, 0.2) is 12.2 Å². The molecule has 1 aliphatic carbocycles. The molecule has 1 fully saturated rings. The van der Waals surface area contributed by atoms with Crippen LogP contribution in [0.3, 0.4) is 0 Å². The largest absolute Gasteiger partial charge is 0.478 e. The van der Waals surface area contributed by atoms with Crippen LogP contribution in [0.2, 0.25) is 0 Å². The third kappa shape index (κ3) is 7.48. The second kappa shape index (κ2) is 7.81. The molecule has 0 aromatic rings. The number of hydrogen-bond donors (Lipinski definition) is 3. The number of carboxylic acids is 2. The Morgan fingerprint density at radius 3 is 1.76 bits per heavy atom. The summed E-state index contributed by atoms with van der Waals surface area (Å²) in [6.45, 7) is 0. The lowest BCUT2D eigenvalue weighted by molar-refractivity contribution is -0.134. The van der Waals surface area contributed by atoms with E-state index in [2.05, 4.69) is 4.90 Å². The van der Waals surface area contributed by atoms with Crippen LogP contribution < -0.4 is 0 Å². The van der Waals surface area contributed by atoms with Crippen molar-refractivity contribution in [2.45, 2.75) is 31.4 Å². The topological polar surface area (TPSA) is 98.1 Å². The van der Waals surface area contributed by atoms with E-state index in [-0.39, 0.29) is 6.10 Å². The summed E-state index contributed by atoms with van der Waals surface area (Å²) in [7, 11) is 4.05. The molecule has 0 aromatic carbocycles. The van der Waals surface area contributed by atoms with Crippen LogP contribution in [-0.2, 0) is 9.59 Å². The first-order valence-corrected chi connectivity index (χ1v) is 5.33. The van der Waals surface area contributed by atoms with E-state index in [0.717, 1.165) is 12.8 Å². The molecule has 0 aromatic heterocycles. The van der Waals surface area contributed by atoms with Crippen molar-refractivity contribution in [1.82, 2.24) is 4.90 Å². The minimum absolute atomic E-state index is 0.0694. The monoisotopic (exact) mass is 245 g/mol. The van der Waals surface area contributed by atoms with Crippen molar-refractivity contribution < 1.29 is 24.9 Å². The Balaban J connectivity index is 0.000000304. The van der Waals surface area contributed by atoms with E-state index in [1.807, 2.05) is 14.1 Å². The lowest BCUT2D eigenvalue weighted by Gasteiger charge is -2.21. The van der Waals surface area contributed by atoms with Crippen LogP contribution in [0, 0.1) is 0 Å². The Labute approximate surface area is 100 Å². The third-order valence-corrected chi connectivity index (χ3v) is 2.48. The van der Waals surface area contributed by atoms with Gasteiger partial charge in [-0.2, -0.15) is 0 Å². The van der Waals surface area contributed by atoms with Gasteiger partial charge in [0, 0.05) is 18.2 Å². The van der Waals surface area contributed by atoms with E-state index < -0.39 is 11.9 Å². The summed E-state index contributed by atoms with van der Waals surface area (Å²) in [6, 6.07) is 0.421. The van der Waals surface area contributed by atoms with E-state index in [1.54, 1.807) is 0 Å². The van der Waals surface area contributed by atoms with Crippen molar-refractivity contribution in [2.24, 2.45) is 0 Å². The molecule has 98 valence electrons. The molecule has 0 amide bonds. The lowest BCUT2D eigenvalue weighted by atomic mass is 10.2. The molecule has 1 saturated carbocycles. The zero-order chi connectivity index (χ0) is 13.4. The highest BCUT2D eigenvalue weighted by molar-refractivity contribution is 5.89. The van der Waals surface area contributed by atoms with Gasteiger partial charge in [0.25, 0.3) is 0 Å². The number of nitrogens with zero attached hydrogens (tertiary/aromatic N) is 1. The van der Waals surface area contributed by atoms with Crippen LogP contribution in [-0.4, -0.2) is 58.4 Å². The van der Waals surface area contributed by atoms with E-state index in [4.69, 9.17) is 10.2 Å². The zero-order valence-corrected chi connectivity index (χ0v) is 10.0. The quantitative estimate of drug-likeness (QED) is 0.613. The molecule has 6 heteroatoms. The standard InChI is InChI=1S/C7H15NO.C4H4O4/c1-8(2)6-4-3-5-7(6)9;5-3(6)1-2-4(7)8/h6-7,9H,3-5H2,1-2H3;1-2H,(H,5,6)(H,7,8)/t6-,7-;/m1./s1. The lowest BCUT2D eigenvalue weighted by Crippen LogP contribution is -2.34. The predicted molar refractivity (Wildman–Crippen MR) is 61.7 cm³/mol. The average Bonchev–Trinajstić information content (AvgIpc) is 2.62. The fourth-order valence-corrected chi connectivity index (χ4v) is 1.67. The maximum atomic E-state index is 9.55. The number of hydrogen-bond acceptors (Lipinski definition) is 4. The van der Waals surface area contributed by atoms with Gasteiger partial charge in [-0.15, -0.1) is 0 Å². The molecule has 1 rings (SSSR count). The summed E-state index contributed by atoms with van der Waals surface area (Å²) in [5.74, 6) is -2.51. The molecule has 1 aliphatic rings. The number of aliphatic carboxylic acids is 2. The fraction of sp³-hybridized carbons (Fsp3) is 0.636. The fourth-order valence-electron chi connectivity index (χ4n) is 1.67. The molecule has 0 bridgehead atoms. The molecule has 0 heterocycles. The van der Waals surface area contributed by atoms with Gasteiger partial charge in [0.1, 0.15) is 0 Å². The van der Waals surface area contributed by atoms with Crippen molar-refractivity contribution in [2.75, 3.05) is 14.1 Å². The molecule has 6 nitrogen and oxygen atoms in total.